The Morgan fingerprint density at radius 3 is 2.84 bits per heavy atom. The molecule has 0 bridgehead atoms. The molecule has 1 aromatic rings. The van der Waals surface area contributed by atoms with Crippen LogP contribution in [0.2, 0.25) is 0 Å². The zero-order valence-corrected chi connectivity index (χ0v) is 11.5. The van der Waals surface area contributed by atoms with Gasteiger partial charge in [-0.25, -0.2) is 5.84 Å². The van der Waals surface area contributed by atoms with Gasteiger partial charge in [-0.2, -0.15) is 0 Å². The summed E-state index contributed by atoms with van der Waals surface area (Å²) >= 11 is 0. The molecular weight excluding hydrogens is 242 g/mol. The first-order valence-electron chi connectivity index (χ1n) is 7.07. The van der Waals surface area contributed by atoms with Gasteiger partial charge in [0.1, 0.15) is 12.0 Å². The maximum Gasteiger partial charge on any atom is 0.268 e. The molecule has 0 unspecified atom stereocenters. The molecule has 0 spiro atoms. The largest absolute Gasteiger partial charge is 0.467 e. The lowest BCUT2D eigenvalue weighted by atomic mass is 9.94. The molecule has 5 heteroatoms. The van der Waals surface area contributed by atoms with Crippen molar-refractivity contribution in [1.82, 2.24) is 10.3 Å². The second kappa shape index (κ2) is 6.73. The number of rotatable bonds is 5. The van der Waals surface area contributed by atoms with Gasteiger partial charge >= 0.3 is 0 Å². The Balaban J connectivity index is 1.97. The smallest absolute Gasteiger partial charge is 0.268 e. The Kier molecular flexibility index (Phi) is 4.99. The first-order valence-corrected chi connectivity index (χ1v) is 7.07. The Morgan fingerprint density at radius 1 is 1.47 bits per heavy atom. The van der Waals surface area contributed by atoms with Crippen LogP contribution in [0.15, 0.2) is 16.7 Å². The average molecular weight is 265 g/mol. The van der Waals surface area contributed by atoms with Crippen molar-refractivity contribution in [2.45, 2.75) is 51.6 Å². The predicted octanol–water partition coefficient (Wildman–Crippen LogP) is 2.04. The quantitative estimate of drug-likeness (QED) is 0.485. The van der Waals surface area contributed by atoms with Gasteiger partial charge in [0.25, 0.3) is 5.91 Å². The summed E-state index contributed by atoms with van der Waals surface area (Å²) in [4.78, 5) is 13.8. The number of hydrogen-bond acceptors (Lipinski definition) is 4. The van der Waals surface area contributed by atoms with Gasteiger partial charge in [0.15, 0.2) is 0 Å². The van der Waals surface area contributed by atoms with E-state index in [1.807, 2.05) is 0 Å². The highest BCUT2D eigenvalue weighted by molar-refractivity contribution is 5.93. The molecule has 106 valence electrons. The molecule has 2 rings (SSSR count). The zero-order chi connectivity index (χ0) is 13.7. The van der Waals surface area contributed by atoms with Crippen LogP contribution in [0.3, 0.4) is 0 Å². The van der Waals surface area contributed by atoms with Crippen LogP contribution in [0.25, 0.3) is 0 Å². The maximum atomic E-state index is 11.4. The molecule has 1 aromatic heterocycles. The van der Waals surface area contributed by atoms with Crippen molar-refractivity contribution in [3.05, 3.63) is 23.7 Å². The molecule has 19 heavy (non-hydrogen) atoms. The first kappa shape index (κ1) is 14.1. The molecule has 1 fully saturated rings. The molecule has 0 aliphatic heterocycles. The number of nitrogen functional groups attached to an aromatic ring is 1. The summed E-state index contributed by atoms with van der Waals surface area (Å²) in [7, 11) is 0. The number of hydrazine groups is 1. The summed E-state index contributed by atoms with van der Waals surface area (Å²) in [5.74, 6) is 5.62. The van der Waals surface area contributed by atoms with E-state index in [1.165, 1.54) is 38.4 Å². The SMILES string of the molecule is CCN(Cc1cc(C(=O)NN)co1)C1CCCCC1. The van der Waals surface area contributed by atoms with Crippen LogP contribution in [-0.2, 0) is 6.54 Å². The number of carbonyl (C=O) groups excluding carboxylic acids is 1. The van der Waals surface area contributed by atoms with Gasteiger partial charge in [0, 0.05) is 6.04 Å². The number of amides is 1. The second-order valence-corrected chi connectivity index (χ2v) is 5.13. The van der Waals surface area contributed by atoms with Crippen LogP contribution in [-0.4, -0.2) is 23.4 Å². The van der Waals surface area contributed by atoms with Gasteiger partial charge in [-0.15, -0.1) is 0 Å². The Morgan fingerprint density at radius 2 is 2.21 bits per heavy atom. The molecule has 5 nitrogen and oxygen atoms in total. The minimum absolute atomic E-state index is 0.310. The van der Waals surface area contributed by atoms with Crippen molar-refractivity contribution in [2.75, 3.05) is 6.54 Å². The molecule has 0 radical (unpaired) electrons. The van der Waals surface area contributed by atoms with E-state index < -0.39 is 0 Å². The first-order chi connectivity index (χ1) is 9.24. The van der Waals surface area contributed by atoms with Gasteiger partial charge in [0.2, 0.25) is 0 Å². The average Bonchev–Trinajstić information content (AvgIpc) is 2.93. The van der Waals surface area contributed by atoms with E-state index in [2.05, 4.69) is 17.2 Å². The summed E-state index contributed by atoms with van der Waals surface area (Å²) in [5, 5.41) is 0. The molecule has 1 saturated carbocycles. The summed E-state index contributed by atoms with van der Waals surface area (Å²) < 4.78 is 5.45. The standard InChI is InChI=1S/C14H23N3O2/c1-2-17(12-6-4-3-5-7-12)9-13-8-11(10-19-13)14(18)16-15/h8,10,12H,2-7,9,15H2,1H3,(H,16,18). The highest BCUT2D eigenvalue weighted by Crippen LogP contribution is 2.24. The lowest BCUT2D eigenvalue weighted by molar-refractivity contribution is 0.0953. The van der Waals surface area contributed by atoms with E-state index in [1.54, 1.807) is 6.07 Å². The lowest BCUT2D eigenvalue weighted by Gasteiger charge is -2.32. The van der Waals surface area contributed by atoms with E-state index in [0.29, 0.717) is 11.6 Å². The molecule has 1 heterocycles. The van der Waals surface area contributed by atoms with Crippen molar-refractivity contribution in [3.63, 3.8) is 0 Å². The van der Waals surface area contributed by atoms with Crippen LogP contribution in [0.5, 0.6) is 0 Å². The molecule has 3 N–H and O–H groups in total. The molecule has 0 saturated heterocycles. The monoisotopic (exact) mass is 265 g/mol. The van der Waals surface area contributed by atoms with Crippen LogP contribution in [0.1, 0.15) is 55.1 Å². The minimum atomic E-state index is -0.310. The van der Waals surface area contributed by atoms with Crippen molar-refractivity contribution in [2.24, 2.45) is 5.84 Å². The molecule has 1 aliphatic rings. The van der Waals surface area contributed by atoms with Crippen LogP contribution >= 0.6 is 0 Å². The number of furan rings is 1. The van der Waals surface area contributed by atoms with Crippen molar-refractivity contribution >= 4 is 5.91 Å². The van der Waals surface area contributed by atoms with Gasteiger partial charge in [-0.1, -0.05) is 26.2 Å². The van der Waals surface area contributed by atoms with E-state index >= 15 is 0 Å². The van der Waals surface area contributed by atoms with E-state index in [9.17, 15) is 4.79 Å². The third-order valence-corrected chi connectivity index (χ3v) is 3.90. The third kappa shape index (κ3) is 3.58. The lowest BCUT2D eigenvalue weighted by Crippen LogP contribution is -2.36. The summed E-state index contributed by atoms with van der Waals surface area (Å²) in [6.45, 7) is 3.94. The highest BCUT2D eigenvalue weighted by atomic mass is 16.3. The zero-order valence-electron chi connectivity index (χ0n) is 11.5. The second-order valence-electron chi connectivity index (χ2n) is 5.13. The molecule has 0 aromatic carbocycles. The summed E-state index contributed by atoms with van der Waals surface area (Å²) in [6, 6.07) is 2.42. The highest BCUT2D eigenvalue weighted by Gasteiger charge is 2.21. The molecule has 0 atom stereocenters. The van der Waals surface area contributed by atoms with E-state index in [0.717, 1.165) is 18.8 Å². The summed E-state index contributed by atoms with van der Waals surface area (Å²) in [5.41, 5.74) is 2.60. The van der Waals surface area contributed by atoms with Gasteiger partial charge in [-0.3, -0.25) is 15.1 Å². The van der Waals surface area contributed by atoms with Crippen LogP contribution < -0.4 is 11.3 Å². The molecule has 1 aliphatic carbocycles. The Hall–Kier alpha value is -1.33. The van der Waals surface area contributed by atoms with Crippen molar-refractivity contribution < 1.29 is 9.21 Å². The van der Waals surface area contributed by atoms with Gasteiger partial charge in [0.05, 0.1) is 12.1 Å². The number of carbonyl (C=O) groups is 1. The number of nitrogens with two attached hydrogens (primary N) is 1. The number of nitrogens with one attached hydrogen (secondary N) is 1. The number of nitrogens with zero attached hydrogens (tertiary/aromatic N) is 1. The minimum Gasteiger partial charge on any atom is -0.467 e. The summed E-state index contributed by atoms with van der Waals surface area (Å²) in [6.07, 6.45) is 8.00. The third-order valence-electron chi connectivity index (χ3n) is 3.90. The Bertz CT molecular complexity index is 411. The van der Waals surface area contributed by atoms with Crippen LogP contribution in [0.4, 0.5) is 0 Å². The fraction of sp³-hybridized carbons (Fsp3) is 0.643. The normalized spacial score (nSPS) is 16.8. The van der Waals surface area contributed by atoms with Gasteiger partial charge in [-0.05, 0) is 25.5 Å². The van der Waals surface area contributed by atoms with Crippen LogP contribution in [0, 0.1) is 0 Å². The maximum absolute atomic E-state index is 11.4. The fourth-order valence-electron chi connectivity index (χ4n) is 2.81. The van der Waals surface area contributed by atoms with E-state index in [4.69, 9.17) is 10.3 Å². The topological polar surface area (TPSA) is 71.5 Å². The fourth-order valence-corrected chi connectivity index (χ4v) is 2.81. The Labute approximate surface area is 114 Å². The van der Waals surface area contributed by atoms with E-state index in [-0.39, 0.29) is 5.91 Å². The van der Waals surface area contributed by atoms with Gasteiger partial charge < -0.3 is 4.42 Å². The molecular formula is C14H23N3O2. The van der Waals surface area contributed by atoms with Crippen molar-refractivity contribution in [1.29, 1.82) is 0 Å². The molecule has 1 amide bonds. The predicted molar refractivity (Wildman–Crippen MR) is 73.3 cm³/mol. The number of hydrogen-bond donors (Lipinski definition) is 2. The van der Waals surface area contributed by atoms with Crippen molar-refractivity contribution in [3.8, 4) is 0 Å².